The van der Waals surface area contributed by atoms with Crippen LogP contribution >= 0.6 is 0 Å². The summed E-state index contributed by atoms with van der Waals surface area (Å²) in [5.41, 5.74) is 1.07. The van der Waals surface area contributed by atoms with Crippen LogP contribution in [0.25, 0.3) is 0 Å². The van der Waals surface area contributed by atoms with E-state index in [1.54, 1.807) is 12.1 Å². The SMILES string of the molecule is Cc1nc(CN(C)Cc2ccc(F)cc2)n[nH]1. The molecule has 90 valence electrons. The zero-order chi connectivity index (χ0) is 12.3. The summed E-state index contributed by atoms with van der Waals surface area (Å²) in [6, 6.07) is 6.52. The molecule has 1 aromatic carbocycles. The van der Waals surface area contributed by atoms with E-state index in [0.29, 0.717) is 6.54 Å². The Bertz CT molecular complexity index is 478. The summed E-state index contributed by atoms with van der Waals surface area (Å²) in [5, 5.41) is 6.88. The fraction of sp³-hybridized carbons (Fsp3) is 0.333. The highest BCUT2D eigenvalue weighted by molar-refractivity contribution is 5.15. The number of nitrogens with zero attached hydrogens (tertiary/aromatic N) is 3. The van der Waals surface area contributed by atoms with Crippen molar-refractivity contribution in [3.63, 3.8) is 0 Å². The summed E-state index contributed by atoms with van der Waals surface area (Å²) < 4.78 is 12.7. The van der Waals surface area contributed by atoms with Gasteiger partial charge in [-0.1, -0.05) is 12.1 Å². The lowest BCUT2D eigenvalue weighted by molar-refractivity contribution is 0.311. The highest BCUT2D eigenvalue weighted by Gasteiger charge is 2.05. The lowest BCUT2D eigenvalue weighted by Gasteiger charge is -2.14. The van der Waals surface area contributed by atoms with Crippen LogP contribution in [0, 0.1) is 12.7 Å². The second kappa shape index (κ2) is 5.05. The molecule has 1 N–H and O–H groups in total. The third-order valence-corrected chi connectivity index (χ3v) is 2.42. The maximum atomic E-state index is 12.7. The Labute approximate surface area is 99.5 Å². The van der Waals surface area contributed by atoms with E-state index in [0.717, 1.165) is 23.8 Å². The molecule has 0 aliphatic heterocycles. The molecule has 5 heteroatoms. The van der Waals surface area contributed by atoms with Gasteiger partial charge in [0.25, 0.3) is 0 Å². The Hall–Kier alpha value is -1.75. The zero-order valence-electron chi connectivity index (χ0n) is 9.94. The number of aromatic amines is 1. The van der Waals surface area contributed by atoms with E-state index in [-0.39, 0.29) is 5.82 Å². The van der Waals surface area contributed by atoms with Gasteiger partial charge in [0.15, 0.2) is 5.82 Å². The first-order valence-corrected chi connectivity index (χ1v) is 5.44. The van der Waals surface area contributed by atoms with Gasteiger partial charge in [-0.05, 0) is 31.7 Å². The maximum absolute atomic E-state index is 12.7. The number of H-pyrrole nitrogens is 1. The molecule has 0 aliphatic carbocycles. The zero-order valence-corrected chi connectivity index (χ0v) is 9.94. The van der Waals surface area contributed by atoms with Crippen LogP contribution < -0.4 is 0 Å². The highest BCUT2D eigenvalue weighted by Crippen LogP contribution is 2.07. The highest BCUT2D eigenvalue weighted by atomic mass is 19.1. The van der Waals surface area contributed by atoms with Crippen molar-refractivity contribution in [1.82, 2.24) is 20.1 Å². The third kappa shape index (κ3) is 3.35. The molecule has 0 spiro atoms. The number of benzene rings is 1. The van der Waals surface area contributed by atoms with E-state index in [1.807, 2.05) is 14.0 Å². The molecule has 0 saturated heterocycles. The largest absolute Gasteiger partial charge is 0.295 e. The Balaban J connectivity index is 1.93. The fourth-order valence-electron chi connectivity index (χ4n) is 1.66. The molecule has 17 heavy (non-hydrogen) atoms. The van der Waals surface area contributed by atoms with Gasteiger partial charge in [-0.3, -0.25) is 10.00 Å². The van der Waals surface area contributed by atoms with Crippen molar-refractivity contribution in [1.29, 1.82) is 0 Å². The second-order valence-corrected chi connectivity index (χ2v) is 4.14. The molecule has 0 radical (unpaired) electrons. The second-order valence-electron chi connectivity index (χ2n) is 4.14. The quantitative estimate of drug-likeness (QED) is 0.878. The van der Waals surface area contributed by atoms with Gasteiger partial charge in [-0.25, -0.2) is 9.37 Å². The van der Waals surface area contributed by atoms with Crippen molar-refractivity contribution < 1.29 is 4.39 Å². The first-order chi connectivity index (χ1) is 8.13. The van der Waals surface area contributed by atoms with Crippen LogP contribution in [0.3, 0.4) is 0 Å². The average molecular weight is 234 g/mol. The summed E-state index contributed by atoms with van der Waals surface area (Å²) in [6.07, 6.45) is 0. The van der Waals surface area contributed by atoms with E-state index in [1.165, 1.54) is 12.1 Å². The first-order valence-electron chi connectivity index (χ1n) is 5.44. The molecule has 4 nitrogen and oxygen atoms in total. The molecule has 0 amide bonds. The minimum absolute atomic E-state index is 0.207. The summed E-state index contributed by atoms with van der Waals surface area (Å²) in [7, 11) is 1.98. The molecular formula is C12H15FN4. The van der Waals surface area contributed by atoms with Crippen molar-refractivity contribution in [2.24, 2.45) is 0 Å². The first kappa shape index (κ1) is 11.7. The van der Waals surface area contributed by atoms with Crippen molar-refractivity contribution in [3.8, 4) is 0 Å². The normalized spacial score (nSPS) is 11.1. The van der Waals surface area contributed by atoms with E-state index < -0.39 is 0 Å². The molecule has 0 fully saturated rings. The van der Waals surface area contributed by atoms with Crippen molar-refractivity contribution in [3.05, 3.63) is 47.3 Å². The smallest absolute Gasteiger partial charge is 0.164 e. The summed E-state index contributed by atoms with van der Waals surface area (Å²) in [6.45, 7) is 3.28. The predicted octanol–water partition coefficient (Wildman–Crippen LogP) is 1.88. The number of aromatic nitrogens is 3. The summed E-state index contributed by atoms with van der Waals surface area (Å²) in [5.74, 6) is 1.38. The summed E-state index contributed by atoms with van der Waals surface area (Å²) >= 11 is 0. The number of nitrogens with one attached hydrogen (secondary N) is 1. The van der Waals surface area contributed by atoms with Crippen LogP contribution in [0.1, 0.15) is 17.2 Å². The fourth-order valence-corrected chi connectivity index (χ4v) is 1.66. The molecule has 1 heterocycles. The Morgan fingerprint density at radius 1 is 1.24 bits per heavy atom. The molecule has 0 aliphatic rings. The van der Waals surface area contributed by atoms with Crippen molar-refractivity contribution >= 4 is 0 Å². The van der Waals surface area contributed by atoms with Gasteiger partial charge in [-0.15, -0.1) is 0 Å². The van der Waals surface area contributed by atoms with E-state index >= 15 is 0 Å². The molecular weight excluding hydrogens is 219 g/mol. The summed E-state index contributed by atoms with van der Waals surface area (Å²) in [4.78, 5) is 6.32. The monoisotopic (exact) mass is 234 g/mol. The van der Waals surface area contributed by atoms with Crippen LogP contribution in [0.4, 0.5) is 4.39 Å². The minimum atomic E-state index is -0.207. The average Bonchev–Trinajstić information content (AvgIpc) is 2.67. The van der Waals surface area contributed by atoms with Crippen molar-refractivity contribution in [2.75, 3.05) is 7.05 Å². The number of hydrogen-bond acceptors (Lipinski definition) is 3. The maximum Gasteiger partial charge on any atom is 0.164 e. The number of halogens is 1. The number of hydrogen-bond donors (Lipinski definition) is 1. The van der Waals surface area contributed by atoms with Crippen LogP contribution in [0.15, 0.2) is 24.3 Å². The van der Waals surface area contributed by atoms with Gasteiger partial charge >= 0.3 is 0 Å². The van der Waals surface area contributed by atoms with Gasteiger partial charge in [-0.2, -0.15) is 5.10 Å². The molecule has 0 atom stereocenters. The van der Waals surface area contributed by atoms with Gasteiger partial charge in [0.2, 0.25) is 0 Å². The number of rotatable bonds is 4. The van der Waals surface area contributed by atoms with E-state index in [2.05, 4.69) is 20.1 Å². The molecule has 2 aromatic rings. The van der Waals surface area contributed by atoms with Gasteiger partial charge in [0.1, 0.15) is 11.6 Å². The van der Waals surface area contributed by atoms with E-state index in [9.17, 15) is 4.39 Å². The van der Waals surface area contributed by atoms with Gasteiger partial charge in [0, 0.05) is 6.54 Å². The van der Waals surface area contributed by atoms with Crippen LogP contribution in [0.5, 0.6) is 0 Å². The van der Waals surface area contributed by atoms with Crippen LogP contribution in [-0.2, 0) is 13.1 Å². The minimum Gasteiger partial charge on any atom is -0.295 e. The van der Waals surface area contributed by atoms with Crippen molar-refractivity contribution in [2.45, 2.75) is 20.0 Å². The Kier molecular flexibility index (Phi) is 3.49. The topological polar surface area (TPSA) is 44.8 Å². The molecule has 0 unspecified atom stereocenters. The van der Waals surface area contributed by atoms with E-state index in [4.69, 9.17) is 0 Å². The van der Waals surface area contributed by atoms with Gasteiger partial charge < -0.3 is 0 Å². The predicted molar refractivity (Wildman–Crippen MR) is 62.7 cm³/mol. The Morgan fingerprint density at radius 2 is 1.94 bits per heavy atom. The van der Waals surface area contributed by atoms with Crippen LogP contribution in [-0.4, -0.2) is 27.1 Å². The van der Waals surface area contributed by atoms with Crippen LogP contribution in [0.2, 0.25) is 0 Å². The van der Waals surface area contributed by atoms with Gasteiger partial charge in [0.05, 0.1) is 6.54 Å². The lowest BCUT2D eigenvalue weighted by atomic mass is 10.2. The third-order valence-electron chi connectivity index (χ3n) is 2.42. The number of aryl methyl sites for hydroxylation is 1. The molecule has 0 bridgehead atoms. The standard InChI is InChI=1S/C12H15FN4/c1-9-14-12(16-15-9)8-17(2)7-10-3-5-11(13)6-4-10/h3-6H,7-8H2,1-2H3,(H,14,15,16). The Morgan fingerprint density at radius 3 is 2.53 bits per heavy atom. The molecule has 0 saturated carbocycles. The molecule has 1 aromatic heterocycles. The molecule has 2 rings (SSSR count). The lowest BCUT2D eigenvalue weighted by Crippen LogP contribution is -2.18.